The van der Waals surface area contributed by atoms with Crippen LogP contribution in [-0.4, -0.2) is 43.8 Å². The average Bonchev–Trinajstić information content (AvgIpc) is 2.83. The van der Waals surface area contributed by atoms with Gasteiger partial charge in [0.05, 0.1) is 15.3 Å². The van der Waals surface area contributed by atoms with Gasteiger partial charge < -0.3 is 15.4 Å². The van der Waals surface area contributed by atoms with Gasteiger partial charge in [0.25, 0.3) is 5.91 Å². The quantitative estimate of drug-likeness (QED) is 0.687. The first-order valence-electron chi connectivity index (χ1n) is 6.17. The topological polar surface area (TPSA) is 67.4 Å². The van der Waals surface area contributed by atoms with Crippen LogP contribution in [0.4, 0.5) is 13.2 Å². The number of ether oxygens (including phenoxy) is 1. The van der Waals surface area contributed by atoms with Crippen molar-refractivity contribution in [3.63, 3.8) is 0 Å². The van der Waals surface area contributed by atoms with Gasteiger partial charge in [-0.05, 0) is 35.0 Å². The molecule has 0 aliphatic rings. The predicted octanol–water partition coefficient (Wildman–Crippen LogP) is 2.32. The first-order valence-corrected chi connectivity index (χ1v) is 7.78. The molecule has 1 atom stereocenters. The minimum atomic E-state index is -4.39. The van der Waals surface area contributed by atoms with Crippen LogP contribution in [0, 0.1) is 0 Å². The molecule has 2 amide bonds. The van der Waals surface area contributed by atoms with Gasteiger partial charge in [-0.1, -0.05) is 0 Å². The Kier molecular flexibility index (Phi) is 7.30. The number of halogens is 4. The van der Waals surface area contributed by atoms with Crippen LogP contribution in [0.3, 0.4) is 0 Å². The minimum absolute atomic E-state index is 0.0698. The number of carbonyl (C=O) groups excluding carboxylic acids is 2. The molecule has 0 aromatic carbocycles. The lowest BCUT2D eigenvalue weighted by molar-refractivity contribution is -0.173. The van der Waals surface area contributed by atoms with Crippen LogP contribution < -0.4 is 10.6 Å². The fourth-order valence-electron chi connectivity index (χ4n) is 1.36. The fourth-order valence-corrected chi connectivity index (χ4v) is 2.65. The van der Waals surface area contributed by atoms with Crippen molar-refractivity contribution < 1.29 is 27.5 Å². The summed E-state index contributed by atoms with van der Waals surface area (Å²) < 4.78 is 40.6. The van der Waals surface area contributed by atoms with Crippen LogP contribution in [0.1, 0.15) is 16.6 Å². The number of alkyl halides is 3. The summed E-state index contributed by atoms with van der Waals surface area (Å²) in [6, 6.07) is 2.51. The van der Waals surface area contributed by atoms with Crippen LogP contribution in [0.2, 0.25) is 0 Å². The summed E-state index contributed by atoms with van der Waals surface area (Å²) >= 11 is 4.45. The maximum absolute atomic E-state index is 11.8. The lowest BCUT2D eigenvalue weighted by Crippen LogP contribution is -2.45. The zero-order valence-electron chi connectivity index (χ0n) is 11.5. The zero-order chi connectivity index (χ0) is 16.8. The van der Waals surface area contributed by atoms with Crippen molar-refractivity contribution in [3.8, 4) is 0 Å². The van der Waals surface area contributed by atoms with E-state index >= 15 is 0 Å². The van der Waals surface area contributed by atoms with Crippen molar-refractivity contribution in [2.45, 2.75) is 19.1 Å². The fraction of sp³-hybridized carbons (Fsp3) is 0.500. The molecule has 1 unspecified atom stereocenters. The summed E-state index contributed by atoms with van der Waals surface area (Å²) in [6.07, 6.45) is -4.39. The van der Waals surface area contributed by atoms with Gasteiger partial charge in [-0.3, -0.25) is 9.59 Å². The number of nitrogens with one attached hydrogen (secondary N) is 2. The molecule has 10 heteroatoms. The molecule has 0 saturated carbocycles. The predicted molar refractivity (Wildman–Crippen MR) is 78.8 cm³/mol. The SMILES string of the molecule is CC(NC(=O)c1ccc(Br)s1)C(=O)NCCOCC(F)(F)F. The highest BCUT2D eigenvalue weighted by atomic mass is 79.9. The normalized spacial score (nSPS) is 12.8. The van der Waals surface area contributed by atoms with Crippen LogP contribution in [0.25, 0.3) is 0 Å². The molecule has 1 heterocycles. The standard InChI is InChI=1S/C12H14BrF3N2O3S/c1-7(18-11(20)8-2-3-9(13)22-8)10(19)17-4-5-21-6-12(14,15)16/h2-3,7H,4-6H2,1H3,(H,17,19)(H,18,20). The Morgan fingerprint density at radius 1 is 1.41 bits per heavy atom. The summed E-state index contributed by atoms with van der Waals surface area (Å²) in [4.78, 5) is 23.9. The second-order valence-corrected chi connectivity index (χ2v) is 6.72. The second kappa shape index (κ2) is 8.49. The molecule has 22 heavy (non-hydrogen) atoms. The van der Waals surface area contributed by atoms with Gasteiger partial charge in [0, 0.05) is 6.54 Å². The van der Waals surface area contributed by atoms with Gasteiger partial charge in [-0.2, -0.15) is 13.2 Å². The molecule has 5 nitrogen and oxygen atoms in total. The van der Waals surface area contributed by atoms with E-state index in [2.05, 4.69) is 31.3 Å². The Hall–Kier alpha value is -1.13. The van der Waals surface area contributed by atoms with E-state index in [1.165, 1.54) is 18.3 Å². The lowest BCUT2D eigenvalue weighted by Gasteiger charge is -2.14. The highest BCUT2D eigenvalue weighted by molar-refractivity contribution is 9.11. The molecule has 0 radical (unpaired) electrons. The number of amides is 2. The van der Waals surface area contributed by atoms with E-state index in [0.717, 1.165) is 3.79 Å². The Balaban J connectivity index is 2.26. The van der Waals surface area contributed by atoms with Crippen molar-refractivity contribution in [3.05, 3.63) is 20.8 Å². The summed E-state index contributed by atoms with van der Waals surface area (Å²) in [7, 11) is 0. The smallest absolute Gasteiger partial charge is 0.370 e. The van der Waals surface area contributed by atoms with E-state index in [0.29, 0.717) is 4.88 Å². The number of thiophene rings is 1. The van der Waals surface area contributed by atoms with Gasteiger partial charge in [-0.15, -0.1) is 11.3 Å². The van der Waals surface area contributed by atoms with Gasteiger partial charge >= 0.3 is 6.18 Å². The molecule has 1 rings (SSSR count). The molecule has 0 saturated heterocycles. The lowest BCUT2D eigenvalue weighted by atomic mass is 10.3. The molecule has 2 N–H and O–H groups in total. The van der Waals surface area contributed by atoms with Crippen molar-refractivity contribution >= 4 is 39.1 Å². The third-order valence-corrected chi connectivity index (χ3v) is 3.97. The molecule has 0 aliphatic heterocycles. The third kappa shape index (κ3) is 7.23. The van der Waals surface area contributed by atoms with Crippen LogP contribution >= 0.6 is 27.3 Å². The van der Waals surface area contributed by atoms with E-state index in [1.54, 1.807) is 12.1 Å². The molecular formula is C12H14BrF3N2O3S. The van der Waals surface area contributed by atoms with Crippen LogP contribution in [0.5, 0.6) is 0 Å². The summed E-state index contributed by atoms with van der Waals surface area (Å²) in [5.74, 6) is -0.897. The van der Waals surface area contributed by atoms with Gasteiger partial charge in [-0.25, -0.2) is 0 Å². The molecule has 0 spiro atoms. The first kappa shape index (κ1) is 18.9. The summed E-state index contributed by atoms with van der Waals surface area (Å²) in [5, 5.41) is 4.87. The summed E-state index contributed by atoms with van der Waals surface area (Å²) in [6.45, 7) is -0.210. The Morgan fingerprint density at radius 2 is 2.09 bits per heavy atom. The minimum Gasteiger partial charge on any atom is -0.370 e. The Morgan fingerprint density at radius 3 is 2.64 bits per heavy atom. The molecular weight excluding hydrogens is 389 g/mol. The van der Waals surface area contributed by atoms with E-state index in [4.69, 9.17) is 0 Å². The van der Waals surface area contributed by atoms with Crippen molar-refractivity contribution in [1.82, 2.24) is 10.6 Å². The van der Waals surface area contributed by atoms with E-state index in [1.807, 2.05) is 0 Å². The van der Waals surface area contributed by atoms with E-state index < -0.39 is 30.6 Å². The van der Waals surface area contributed by atoms with Gasteiger partial charge in [0.15, 0.2) is 0 Å². The highest BCUT2D eigenvalue weighted by Crippen LogP contribution is 2.21. The third-order valence-electron chi connectivity index (χ3n) is 2.35. The van der Waals surface area contributed by atoms with Gasteiger partial charge in [0.1, 0.15) is 12.6 Å². The maximum Gasteiger partial charge on any atom is 0.411 e. The first-order chi connectivity index (χ1) is 10.2. The summed E-state index contributed by atoms with van der Waals surface area (Å²) in [5.41, 5.74) is 0. The van der Waals surface area contributed by atoms with Crippen LogP contribution in [-0.2, 0) is 9.53 Å². The van der Waals surface area contributed by atoms with Crippen molar-refractivity contribution in [2.24, 2.45) is 0 Å². The molecule has 0 fully saturated rings. The molecule has 0 bridgehead atoms. The average molecular weight is 403 g/mol. The number of hydrogen-bond donors (Lipinski definition) is 2. The number of carbonyl (C=O) groups is 2. The Bertz CT molecular complexity index is 522. The zero-order valence-corrected chi connectivity index (χ0v) is 13.9. The van der Waals surface area contributed by atoms with Gasteiger partial charge in [0.2, 0.25) is 5.91 Å². The number of rotatable bonds is 7. The molecule has 1 aromatic rings. The highest BCUT2D eigenvalue weighted by Gasteiger charge is 2.27. The monoisotopic (exact) mass is 402 g/mol. The maximum atomic E-state index is 11.8. The van der Waals surface area contributed by atoms with Crippen LogP contribution in [0.15, 0.2) is 15.9 Å². The molecule has 124 valence electrons. The number of hydrogen-bond acceptors (Lipinski definition) is 4. The van der Waals surface area contributed by atoms with E-state index in [-0.39, 0.29) is 13.2 Å². The van der Waals surface area contributed by atoms with Crippen molar-refractivity contribution in [2.75, 3.05) is 19.8 Å². The molecule has 1 aromatic heterocycles. The second-order valence-electron chi connectivity index (χ2n) is 4.26. The van der Waals surface area contributed by atoms with Crippen molar-refractivity contribution in [1.29, 1.82) is 0 Å². The largest absolute Gasteiger partial charge is 0.411 e. The molecule has 0 aliphatic carbocycles. The van der Waals surface area contributed by atoms with E-state index in [9.17, 15) is 22.8 Å². The Labute approximate surface area is 137 Å².